The number of primary amides is 2. The summed E-state index contributed by atoms with van der Waals surface area (Å²) in [4.78, 5) is 24.4. The maximum absolute atomic E-state index is 15.5. The second-order valence-electron chi connectivity index (χ2n) is 7.24. The van der Waals surface area contributed by atoms with Gasteiger partial charge in [-0.2, -0.15) is 13.2 Å². The van der Waals surface area contributed by atoms with Gasteiger partial charge >= 0.3 is 12.2 Å². The number of likely N-dealkylation sites (tertiary alicyclic amines) is 1. The first-order valence-electron chi connectivity index (χ1n) is 9.29. The number of carbonyl (C=O) groups excluding carboxylic acids is 2. The minimum Gasteiger partial charge on any atom is -0.481 e. The van der Waals surface area contributed by atoms with E-state index >= 15 is 4.39 Å². The molecule has 1 fully saturated rings. The number of halogens is 7. The fourth-order valence-corrected chi connectivity index (χ4v) is 3.74. The molecule has 2 aromatic carbocycles. The number of nitrogens with zero attached hydrogens (tertiary/aromatic N) is 1. The zero-order chi connectivity index (χ0) is 24.8. The third-order valence-corrected chi connectivity index (χ3v) is 5.45. The largest absolute Gasteiger partial charge is 0.481 e. The number of benzene rings is 2. The van der Waals surface area contributed by atoms with E-state index in [1.807, 2.05) is 0 Å². The van der Waals surface area contributed by atoms with Gasteiger partial charge < -0.3 is 21.1 Å². The zero-order valence-corrected chi connectivity index (χ0v) is 17.5. The Bertz CT molecular complexity index is 1110. The van der Waals surface area contributed by atoms with E-state index < -0.39 is 82.6 Å². The van der Waals surface area contributed by atoms with E-state index in [9.17, 15) is 31.5 Å². The quantitative estimate of drug-likeness (QED) is 0.598. The molecule has 0 radical (unpaired) electrons. The lowest BCUT2D eigenvalue weighted by molar-refractivity contribution is -0.189. The van der Waals surface area contributed by atoms with Crippen LogP contribution in [0.2, 0.25) is 5.02 Å². The van der Waals surface area contributed by atoms with Gasteiger partial charge in [-0.05, 0) is 25.1 Å². The predicted molar refractivity (Wildman–Crippen MR) is 105 cm³/mol. The number of amides is 3. The standard InChI is InChI=1S/C20H16ClF6N3O3/c1-7(20(25,26)27)33-12-5-8(17-11(23)6-30(17)19(29)32)16(24)15(18(28)31)14(12)13-9(21)3-2-4-10(13)22/h2-5,7,11,17H,6H2,1H3,(H2,28,31)(H2,29,32). The lowest BCUT2D eigenvalue weighted by Crippen LogP contribution is -2.56. The summed E-state index contributed by atoms with van der Waals surface area (Å²) >= 11 is 6.00. The first-order valence-corrected chi connectivity index (χ1v) is 9.67. The Hall–Kier alpha value is -3.15. The van der Waals surface area contributed by atoms with E-state index in [1.165, 1.54) is 6.07 Å². The van der Waals surface area contributed by atoms with Crippen LogP contribution in [0.5, 0.6) is 5.75 Å². The molecular formula is C20H16ClF6N3O3. The number of hydrogen-bond donors (Lipinski definition) is 2. The fraction of sp³-hybridized carbons (Fsp3) is 0.300. The van der Waals surface area contributed by atoms with Crippen LogP contribution in [0.3, 0.4) is 0 Å². The van der Waals surface area contributed by atoms with E-state index in [0.717, 1.165) is 12.1 Å². The second-order valence-corrected chi connectivity index (χ2v) is 7.65. The monoisotopic (exact) mass is 495 g/mol. The minimum atomic E-state index is -4.92. The van der Waals surface area contributed by atoms with Gasteiger partial charge in [0.15, 0.2) is 6.10 Å². The van der Waals surface area contributed by atoms with Crippen LogP contribution in [0.4, 0.5) is 31.1 Å². The summed E-state index contributed by atoms with van der Waals surface area (Å²) in [7, 11) is 0. The van der Waals surface area contributed by atoms with E-state index in [4.69, 9.17) is 27.8 Å². The van der Waals surface area contributed by atoms with Crippen LogP contribution in [-0.2, 0) is 0 Å². The molecule has 1 aliphatic rings. The molecule has 33 heavy (non-hydrogen) atoms. The number of urea groups is 1. The van der Waals surface area contributed by atoms with E-state index in [1.54, 1.807) is 0 Å². The first-order chi connectivity index (χ1) is 15.3. The van der Waals surface area contributed by atoms with E-state index in [-0.39, 0.29) is 5.02 Å². The van der Waals surface area contributed by atoms with Gasteiger partial charge in [0.25, 0.3) is 5.91 Å². The number of nitrogens with two attached hydrogens (primary N) is 2. The molecule has 0 aliphatic carbocycles. The van der Waals surface area contributed by atoms with Crippen molar-refractivity contribution < 1.29 is 40.7 Å². The van der Waals surface area contributed by atoms with Gasteiger partial charge in [0.2, 0.25) is 0 Å². The van der Waals surface area contributed by atoms with Crippen molar-refractivity contribution in [2.45, 2.75) is 31.4 Å². The van der Waals surface area contributed by atoms with Gasteiger partial charge in [-0.15, -0.1) is 0 Å². The Kier molecular flexibility index (Phi) is 6.42. The number of ether oxygens (including phenoxy) is 1. The lowest BCUT2D eigenvalue weighted by Gasteiger charge is -2.43. The van der Waals surface area contributed by atoms with Gasteiger partial charge in [-0.25, -0.2) is 18.0 Å². The third kappa shape index (κ3) is 4.39. The molecule has 3 rings (SSSR count). The van der Waals surface area contributed by atoms with Gasteiger partial charge in [-0.3, -0.25) is 4.79 Å². The zero-order valence-electron chi connectivity index (χ0n) is 16.7. The third-order valence-electron chi connectivity index (χ3n) is 5.13. The number of hydrogen-bond acceptors (Lipinski definition) is 3. The molecule has 3 unspecified atom stereocenters. The summed E-state index contributed by atoms with van der Waals surface area (Å²) in [6.07, 6.45) is -9.30. The molecule has 3 amide bonds. The smallest absolute Gasteiger partial charge is 0.425 e. The van der Waals surface area contributed by atoms with Gasteiger partial charge in [0.1, 0.15) is 23.6 Å². The minimum absolute atomic E-state index is 0.389. The molecule has 3 atom stereocenters. The van der Waals surface area contributed by atoms with Gasteiger partial charge in [0, 0.05) is 16.7 Å². The molecule has 1 saturated heterocycles. The number of carbonyl (C=O) groups is 2. The Morgan fingerprint density at radius 3 is 2.33 bits per heavy atom. The molecule has 178 valence electrons. The average Bonchev–Trinajstić information content (AvgIpc) is 2.67. The maximum atomic E-state index is 15.5. The Balaban J connectivity index is 2.37. The van der Waals surface area contributed by atoms with Crippen molar-refractivity contribution in [3.05, 3.63) is 52.0 Å². The normalized spacial score (nSPS) is 19.1. The lowest BCUT2D eigenvalue weighted by atomic mass is 9.87. The maximum Gasteiger partial charge on any atom is 0.425 e. The summed E-state index contributed by atoms with van der Waals surface area (Å²) in [5, 5.41) is -0.389. The summed E-state index contributed by atoms with van der Waals surface area (Å²) in [5.41, 5.74) is 7.15. The van der Waals surface area contributed by atoms with Crippen LogP contribution in [0.15, 0.2) is 24.3 Å². The molecule has 0 bridgehead atoms. The van der Waals surface area contributed by atoms with Crippen molar-refractivity contribution in [3.63, 3.8) is 0 Å². The molecule has 4 N–H and O–H groups in total. The van der Waals surface area contributed by atoms with Crippen LogP contribution in [0.25, 0.3) is 11.1 Å². The van der Waals surface area contributed by atoms with Crippen molar-refractivity contribution >= 4 is 23.5 Å². The molecule has 1 aliphatic heterocycles. The Morgan fingerprint density at radius 1 is 1.21 bits per heavy atom. The molecule has 0 spiro atoms. The Labute approximate surface area is 188 Å². The molecular weight excluding hydrogens is 480 g/mol. The highest BCUT2D eigenvalue weighted by molar-refractivity contribution is 6.33. The average molecular weight is 496 g/mol. The van der Waals surface area contributed by atoms with Crippen LogP contribution >= 0.6 is 11.6 Å². The molecule has 13 heteroatoms. The molecule has 1 heterocycles. The van der Waals surface area contributed by atoms with E-state index in [2.05, 4.69) is 0 Å². The highest BCUT2D eigenvalue weighted by atomic mass is 35.5. The summed E-state index contributed by atoms with van der Waals surface area (Å²) in [6, 6.07) is 1.02. The predicted octanol–water partition coefficient (Wildman–Crippen LogP) is 4.49. The van der Waals surface area contributed by atoms with Crippen molar-refractivity contribution in [1.29, 1.82) is 0 Å². The molecule has 0 aromatic heterocycles. The number of alkyl halides is 4. The van der Waals surface area contributed by atoms with Crippen molar-refractivity contribution in [3.8, 4) is 16.9 Å². The van der Waals surface area contributed by atoms with Crippen LogP contribution in [-0.4, -0.2) is 41.8 Å². The second kappa shape index (κ2) is 8.65. The van der Waals surface area contributed by atoms with E-state index in [0.29, 0.717) is 17.9 Å². The Morgan fingerprint density at radius 2 is 1.85 bits per heavy atom. The summed E-state index contributed by atoms with van der Waals surface area (Å²) in [6.45, 7) is 0.0953. The van der Waals surface area contributed by atoms with Crippen LogP contribution < -0.4 is 16.2 Å². The molecule has 6 nitrogen and oxygen atoms in total. The van der Waals surface area contributed by atoms with Crippen molar-refractivity contribution in [2.24, 2.45) is 11.5 Å². The van der Waals surface area contributed by atoms with Crippen molar-refractivity contribution in [1.82, 2.24) is 4.90 Å². The molecule has 2 aromatic rings. The number of rotatable bonds is 5. The van der Waals surface area contributed by atoms with Crippen LogP contribution in [0, 0.1) is 11.6 Å². The SMILES string of the molecule is CC(Oc1cc(C2C(F)CN2C(N)=O)c(F)c(C(N)=O)c1-c1c(F)cccc1Cl)C(F)(F)F. The topological polar surface area (TPSA) is 98.7 Å². The van der Waals surface area contributed by atoms with Gasteiger partial charge in [0.05, 0.1) is 23.2 Å². The molecule has 0 saturated carbocycles. The van der Waals surface area contributed by atoms with Crippen molar-refractivity contribution in [2.75, 3.05) is 6.54 Å². The summed E-state index contributed by atoms with van der Waals surface area (Å²) in [5.74, 6) is -4.97. The highest BCUT2D eigenvalue weighted by Crippen LogP contribution is 2.46. The van der Waals surface area contributed by atoms with Gasteiger partial charge in [-0.1, -0.05) is 17.7 Å². The van der Waals surface area contributed by atoms with Crippen LogP contribution in [0.1, 0.15) is 28.9 Å². The summed E-state index contributed by atoms with van der Waals surface area (Å²) < 4.78 is 89.0. The highest BCUT2D eigenvalue weighted by Gasteiger charge is 2.46. The first kappa shape index (κ1) is 24.5. The fourth-order valence-electron chi connectivity index (χ4n) is 3.48.